The van der Waals surface area contributed by atoms with Crippen molar-refractivity contribution >= 4 is 17.8 Å². The van der Waals surface area contributed by atoms with Gasteiger partial charge in [0, 0.05) is 54.9 Å². The second kappa shape index (κ2) is 7.35. The Morgan fingerprint density at radius 1 is 1.31 bits per heavy atom. The minimum atomic E-state index is 0.767. The second-order valence-electron chi connectivity index (χ2n) is 5.92. The first-order chi connectivity index (χ1) is 12.8. The van der Waals surface area contributed by atoms with Gasteiger partial charge in [-0.3, -0.25) is 5.10 Å². The Hall–Kier alpha value is -2.58. The van der Waals surface area contributed by atoms with Crippen molar-refractivity contribution < 1.29 is 4.74 Å². The standard InChI is InChI=1S/C18H20N6OS/c1-25-14-5-3-4-13(10-14)18-15-11-23(9-7-16(15)21-22-18)24(26-2)17-6-8-19-12-20-17/h3-6,8,10,12H,7,9,11H2,1-2H3,(H,21,22). The molecule has 0 atom stereocenters. The van der Waals surface area contributed by atoms with E-state index in [2.05, 4.69) is 41.9 Å². The second-order valence-corrected chi connectivity index (χ2v) is 6.63. The van der Waals surface area contributed by atoms with Gasteiger partial charge in [0.2, 0.25) is 0 Å². The fourth-order valence-corrected chi connectivity index (χ4v) is 3.86. The number of ether oxygens (including phenoxy) is 1. The van der Waals surface area contributed by atoms with E-state index in [0.29, 0.717) is 0 Å². The number of hydrogen-bond acceptors (Lipinski definition) is 7. The van der Waals surface area contributed by atoms with Gasteiger partial charge in [-0.15, -0.1) is 0 Å². The van der Waals surface area contributed by atoms with Crippen molar-refractivity contribution in [2.45, 2.75) is 13.0 Å². The number of aromatic amines is 1. The number of methoxy groups -OCH3 is 1. The molecule has 0 fully saturated rings. The lowest BCUT2D eigenvalue weighted by atomic mass is 10.0. The van der Waals surface area contributed by atoms with Gasteiger partial charge in [-0.2, -0.15) is 5.10 Å². The van der Waals surface area contributed by atoms with Crippen LogP contribution in [-0.4, -0.2) is 45.1 Å². The van der Waals surface area contributed by atoms with E-state index >= 15 is 0 Å². The number of rotatable bonds is 5. The van der Waals surface area contributed by atoms with Gasteiger partial charge in [0.15, 0.2) is 5.82 Å². The van der Waals surface area contributed by atoms with Crippen LogP contribution in [-0.2, 0) is 13.0 Å². The molecule has 0 aliphatic carbocycles. The lowest BCUT2D eigenvalue weighted by Crippen LogP contribution is -2.41. The van der Waals surface area contributed by atoms with E-state index in [-0.39, 0.29) is 0 Å². The van der Waals surface area contributed by atoms with Crippen molar-refractivity contribution in [1.29, 1.82) is 0 Å². The van der Waals surface area contributed by atoms with Crippen LogP contribution in [0.25, 0.3) is 11.3 Å². The zero-order valence-corrected chi connectivity index (χ0v) is 15.5. The fourth-order valence-electron chi connectivity index (χ4n) is 3.20. The van der Waals surface area contributed by atoms with Gasteiger partial charge in [-0.25, -0.2) is 19.4 Å². The Bertz CT molecular complexity index is 884. The van der Waals surface area contributed by atoms with Crippen LogP contribution in [0.1, 0.15) is 11.3 Å². The normalized spacial score (nSPS) is 14.1. The van der Waals surface area contributed by atoms with E-state index in [1.165, 1.54) is 11.3 Å². The molecule has 26 heavy (non-hydrogen) atoms. The van der Waals surface area contributed by atoms with Gasteiger partial charge in [0.05, 0.1) is 12.8 Å². The summed E-state index contributed by atoms with van der Waals surface area (Å²) < 4.78 is 7.48. The Morgan fingerprint density at radius 3 is 3.00 bits per heavy atom. The number of anilines is 1. The molecule has 8 heteroatoms. The molecule has 0 unspecified atom stereocenters. The number of benzene rings is 1. The number of nitrogens with zero attached hydrogens (tertiary/aromatic N) is 5. The van der Waals surface area contributed by atoms with Crippen molar-refractivity contribution in [1.82, 2.24) is 25.2 Å². The SMILES string of the molecule is COc1cccc(-c2n[nH]c3c2CN(N(SC)c2ccncn2)CC3)c1. The van der Waals surface area contributed by atoms with Gasteiger partial charge < -0.3 is 4.74 Å². The molecule has 7 nitrogen and oxygen atoms in total. The van der Waals surface area contributed by atoms with Gasteiger partial charge in [-0.05, 0) is 24.1 Å². The topological polar surface area (TPSA) is 70.2 Å². The lowest BCUT2D eigenvalue weighted by Gasteiger charge is -2.36. The number of nitrogens with one attached hydrogen (secondary N) is 1. The lowest BCUT2D eigenvalue weighted by molar-refractivity contribution is 0.273. The number of fused-ring (bicyclic) bond motifs is 1. The van der Waals surface area contributed by atoms with Crippen molar-refractivity contribution in [3.63, 3.8) is 0 Å². The van der Waals surface area contributed by atoms with Crippen molar-refractivity contribution in [2.24, 2.45) is 0 Å². The molecule has 0 spiro atoms. The van der Waals surface area contributed by atoms with Gasteiger partial charge in [0.1, 0.15) is 12.1 Å². The molecular formula is C18H20N6OS. The van der Waals surface area contributed by atoms with E-state index in [4.69, 9.17) is 4.74 Å². The van der Waals surface area contributed by atoms with E-state index in [9.17, 15) is 0 Å². The summed E-state index contributed by atoms with van der Waals surface area (Å²) in [6.45, 7) is 1.67. The smallest absolute Gasteiger partial charge is 0.156 e. The molecule has 0 amide bonds. The third kappa shape index (κ3) is 3.13. The molecule has 0 bridgehead atoms. The summed E-state index contributed by atoms with van der Waals surface area (Å²) in [5.74, 6) is 1.71. The maximum absolute atomic E-state index is 5.36. The maximum atomic E-state index is 5.36. The predicted octanol–water partition coefficient (Wildman–Crippen LogP) is 2.93. The summed E-state index contributed by atoms with van der Waals surface area (Å²) in [6, 6.07) is 9.94. The van der Waals surface area contributed by atoms with Crippen LogP contribution < -0.4 is 9.15 Å². The van der Waals surface area contributed by atoms with E-state index in [1.807, 2.05) is 24.3 Å². The first-order valence-corrected chi connectivity index (χ1v) is 9.54. The Kier molecular flexibility index (Phi) is 4.77. The molecule has 1 aliphatic rings. The highest BCUT2D eigenvalue weighted by molar-refractivity contribution is 7.99. The predicted molar refractivity (Wildman–Crippen MR) is 103 cm³/mol. The molecule has 3 aromatic rings. The monoisotopic (exact) mass is 368 g/mol. The average Bonchev–Trinajstić information content (AvgIpc) is 3.13. The number of aromatic nitrogens is 4. The summed E-state index contributed by atoms with van der Waals surface area (Å²) in [7, 11) is 1.68. The van der Waals surface area contributed by atoms with Gasteiger partial charge in [-0.1, -0.05) is 12.1 Å². The van der Waals surface area contributed by atoms with E-state index in [1.54, 1.807) is 31.6 Å². The largest absolute Gasteiger partial charge is 0.497 e. The molecule has 2 aromatic heterocycles. The van der Waals surface area contributed by atoms with Gasteiger partial charge in [0.25, 0.3) is 0 Å². The summed E-state index contributed by atoms with van der Waals surface area (Å²) >= 11 is 1.63. The first kappa shape index (κ1) is 16.9. The summed E-state index contributed by atoms with van der Waals surface area (Å²) in [4.78, 5) is 8.40. The zero-order valence-electron chi connectivity index (χ0n) is 14.7. The van der Waals surface area contributed by atoms with Crippen LogP contribution in [0.3, 0.4) is 0 Å². The minimum Gasteiger partial charge on any atom is -0.497 e. The van der Waals surface area contributed by atoms with Crippen LogP contribution in [0.5, 0.6) is 5.75 Å². The molecule has 0 saturated carbocycles. The van der Waals surface area contributed by atoms with Crippen LogP contribution in [0.4, 0.5) is 5.82 Å². The van der Waals surface area contributed by atoms with E-state index in [0.717, 1.165) is 42.3 Å². The van der Waals surface area contributed by atoms with Crippen molar-refractivity contribution in [3.8, 4) is 17.0 Å². The third-order valence-corrected chi connectivity index (χ3v) is 5.21. The molecule has 4 rings (SSSR count). The summed E-state index contributed by atoms with van der Waals surface area (Å²) in [5, 5.41) is 10.1. The number of H-pyrrole nitrogens is 1. The molecule has 1 N–H and O–H groups in total. The molecular weight excluding hydrogens is 348 g/mol. The van der Waals surface area contributed by atoms with Crippen LogP contribution in [0.2, 0.25) is 0 Å². The molecule has 134 valence electrons. The fraction of sp³-hybridized carbons (Fsp3) is 0.278. The third-order valence-electron chi connectivity index (χ3n) is 4.45. The van der Waals surface area contributed by atoms with Crippen molar-refractivity contribution in [3.05, 3.63) is 54.1 Å². The van der Waals surface area contributed by atoms with Crippen molar-refractivity contribution in [2.75, 3.05) is 24.3 Å². The number of hydrazine groups is 1. The van der Waals surface area contributed by atoms with Crippen LogP contribution in [0, 0.1) is 0 Å². The number of hydrogen-bond donors (Lipinski definition) is 1. The van der Waals surface area contributed by atoms with Crippen LogP contribution >= 0.6 is 11.9 Å². The van der Waals surface area contributed by atoms with E-state index < -0.39 is 0 Å². The zero-order chi connectivity index (χ0) is 17.9. The Balaban J connectivity index is 1.65. The van der Waals surface area contributed by atoms with Gasteiger partial charge >= 0.3 is 0 Å². The highest BCUT2D eigenvalue weighted by Crippen LogP contribution is 2.32. The first-order valence-electron chi connectivity index (χ1n) is 8.36. The maximum Gasteiger partial charge on any atom is 0.156 e. The Morgan fingerprint density at radius 2 is 2.23 bits per heavy atom. The summed E-state index contributed by atoms with van der Waals surface area (Å²) in [5.41, 5.74) is 4.45. The Labute approximate surface area is 156 Å². The van der Waals surface area contributed by atoms with Crippen LogP contribution in [0.15, 0.2) is 42.9 Å². The molecule has 1 aliphatic heterocycles. The minimum absolute atomic E-state index is 0.767. The highest BCUT2D eigenvalue weighted by atomic mass is 32.2. The molecule has 3 heterocycles. The molecule has 1 aromatic carbocycles. The molecule has 0 radical (unpaired) electrons. The molecule has 0 saturated heterocycles. The average molecular weight is 368 g/mol. The highest BCUT2D eigenvalue weighted by Gasteiger charge is 2.27. The quantitative estimate of drug-likeness (QED) is 0.694. The summed E-state index contributed by atoms with van der Waals surface area (Å²) in [6.07, 6.45) is 6.30.